The van der Waals surface area contributed by atoms with Crippen molar-refractivity contribution >= 4 is 11.9 Å². The lowest BCUT2D eigenvalue weighted by molar-refractivity contribution is 0.0600. The van der Waals surface area contributed by atoms with Crippen LogP contribution in [0.2, 0.25) is 0 Å². The Morgan fingerprint density at radius 2 is 2.04 bits per heavy atom. The summed E-state index contributed by atoms with van der Waals surface area (Å²) in [6.45, 7) is 4.74. The van der Waals surface area contributed by atoms with Gasteiger partial charge in [0.1, 0.15) is 5.75 Å². The molecule has 1 aliphatic rings. The Morgan fingerprint density at radius 1 is 1.30 bits per heavy atom. The van der Waals surface area contributed by atoms with Crippen LogP contribution in [0.3, 0.4) is 0 Å². The van der Waals surface area contributed by atoms with E-state index in [1.54, 1.807) is 4.90 Å². The van der Waals surface area contributed by atoms with E-state index in [2.05, 4.69) is 11.7 Å². The van der Waals surface area contributed by atoms with Crippen LogP contribution in [0, 0.1) is 5.92 Å². The summed E-state index contributed by atoms with van der Waals surface area (Å²) in [5, 5.41) is 9.73. The van der Waals surface area contributed by atoms with Crippen molar-refractivity contribution < 1.29 is 24.2 Å². The zero-order valence-electron chi connectivity index (χ0n) is 13.6. The molecule has 1 heterocycles. The van der Waals surface area contributed by atoms with Crippen LogP contribution in [0.15, 0.2) is 18.2 Å². The van der Waals surface area contributed by atoms with E-state index < -0.39 is 5.97 Å². The number of aromatic hydroxyl groups is 1. The van der Waals surface area contributed by atoms with Crippen molar-refractivity contribution in [2.75, 3.05) is 33.4 Å². The zero-order chi connectivity index (χ0) is 16.8. The minimum Gasteiger partial charge on any atom is -0.508 e. The molecule has 1 saturated heterocycles. The second-order valence-electron chi connectivity index (χ2n) is 5.74. The Morgan fingerprint density at radius 3 is 2.74 bits per heavy atom. The van der Waals surface area contributed by atoms with Crippen molar-refractivity contribution in [1.82, 2.24) is 4.90 Å². The van der Waals surface area contributed by atoms with Gasteiger partial charge in [0.05, 0.1) is 19.3 Å². The summed E-state index contributed by atoms with van der Waals surface area (Å²) in [4.78, 5) is 25.9. The number of amides is 1. The fraction of sp³-hybridized carbons (Fsp3) is 0.529. The van der Waals surface area contributed by atoms with E-state index in [0.717, 1.165) is 19.4 Å². The van der Waals surface area contributed by atoms with Gasteiger partial charge in [-0.15, -0.1) is 0 Å². The van der Waals surface area contributed by atoms with E-state index >= 15 is 0 Å². The molecule has 6 nitrogen and oxygen atoms in total. The molecule has 0 radical (unpaired) electrons. The summed E-state index contributed by atoms with van der Waals surface area (Å²) >= 11 is 0. The van der Waals surface area contributed by atoms with E-state index in [9.17, 15) is 14.7 Å². The highest BCUT2D eigenvalue weighted by molar-refractivity contribution is 5.98. The molecule has 1 atom stereocenters. The number of hydrogen-bond donors (Lipinski definition) is 1. The van der Waals surface area contributed by atoms with Gasteiger partial charge in [-0.1, -0.05) is 6.92 Å². The molecule has 1 aromatic rings. The lowest BCUT2D eigenvalue weighted by Crippen LogP contribution is -2.29. The molecule has 1 unspecified atom stereocenters. The summed E-state index contributed by atoms with van der Waals surface area (Å²) in [7, 11) is 1.26. The average Bonchev–Trinajstić information content (AvgIpc) is 3.02. The average molecular weight is 321 g/mol. The van der Waals surface area contributed by atoms with Crippen LogP contribution < -0.4 is 0 Å². The summed E-state index contributed by atoms with van der Waals surface area (Å²) in [5.74, 6) is -0.563. The summed E-state index contributed by atoms with van der Waals surface area (Å²) in [6.07, 6.45) is 1.88. The number of hydrogen-bond acceptors (Lipinski definition) is 5. The molecule has 1 aliphatic heterocycles. The number of nitrogens with zero attached hydrogens (tertiary/aromatic N) is 1. The van der Waals surface area contributed by atoms with Crippen molar-refractivity contribution in [2.24, 2.45) is 5.92 Å². The van der Waals surface area contributed by atoms with Gasteiger partial charge >= 0.3 is 5.97 Å². The number of likely N-dealkylation sites (tertiary alicyclic amines) is 1. The second-order valence-corrected chi connectivity index (χ2v) is 5.74. The van der Waals surface area contributed by atoms with E-state index in [1.165, 1.54) is 25.3 Å². The molecule has 0 aliphatic carbocycles. The van der Waals surface area contributed by atoms with Crippen molar-refractivity contribution in [3.63, 3.8) is 0 Å². The van der Waals surface area contributed by atoms with Crippen LogP contribution in [0.5, 0.6) is 5.75 Å². The standard InChI is InChI=1S/C17H23NO5/c1-3-6-23-11-12-4-5-18(10-12)16(20)13-7-14(17(21)22-2)9-15(19)8-13/h7-9,12,19H,3-6,10-11H2,1-2H3. The topological polar surface area (TPSA) is 76.1 Å². The SMILES string of the molecule is CCCOCC1CCN(C(=O)c2cc(O)cc(C(=O)OC)c2)C1. The predicted molar refractivity (Wildman–Crippen MR) is 84.6 cm³/mol. The third kappa shape index (κ3) is 4.45. The summed E-state index contributed by atoms with van der Waals surface area (Å²) < 4.78 is 10.2. The Bertz CT molecular complexity index is 572. The maximum Gasteiger partial charge on any atom is 0.338 e. The summed E-state index contributed by atoms with van der Waals surface area (Å²) in [6, 6.07) is 4.11. The Kier molecular flexibility index (Phi) is 5.98. The molecule has 0 aromatic heterocycles. The van der Waals surface area contributed by atoms with Gasteiger partial charge in [-0.05, 0) is 31.0 Å². The lowest BCUT2D eigenvalue weighted by Gasteiger charge is -2.17. The monoisotopic (exact) mass is 321 g/mol. The lowest BCUT2D eigenvalue weighted by atomic mass is 10.1. The Hall–Kier alpha value is -2.08. The first kappa shape index (κ1) is 17.3. The highest BCUT2D eigenvalue weighted by Crippen LogP contribution is 2.22. The van der Waals surface area contributed by atoms with Gasteiger partial charge in [0.2, 0.25) is 0 Å². The maximum atomic E-state index is 12.6. The maximum absolute atomic E-state index is 12.6. The number of phenolic OH excluding ortho intramolecular Hbond substituents is 1. The molecular formula is C17H23NO5. The first-order valence-electron chi connectivity index (χ1n) is 7.84. The van der Waals surface area contributed by atoms with Crippen LogP contribution in [0.4, 0.5) is 0 Å². The highest BCUT2D eigenvalue weighted by atomic mass is 16.5. The minimum absolute atomic E-state index is 0.127. The number of ether oxygens (including phenoxy) is 2. The van der Waals surface area contributed by atoms with E-state index in [1.807, 2.05) is 0 Å². The fourth-order valence-electron chi connectivity index (χ4n) is 2.70. The molecule has 1 aromatic carbocycles. The summed E-state index contributed by atoms with van der Waals surface area (Å²) in [5.41, 5.74) is 0.457. The number of phenols is 1. The number of benzene rings is 1. The van der Waals surface area contributed by atoms with Crippen molar-refractivity contribution in [3.8, 4) is 5.75 Å². The molecular weight excluding hydrogens is 298 g/mol. The van der Waals surface area contributed by atoms with Crippen molar-refractivity contribution in [1.29, 1.82) is 0 Å². The molecule has 1 amide bonds. The van der Waals surface area contributed by atoms with E-state index in [0.29, 0.717) is 31.2 Å². The molecule has 1 N–H and O–H groups in total. The number of carbonyl (C=O) groups excluding carboxylic acids is 2. The minimum atomic E-state index is -0.581. The van der Waals surface area contributed by atoms with Crippen LogP contribution in [0.1, 0.15) is 40.5 Å². The number of rotatable bonds is 6. The highest BCUT2D eigenvalue weighted by Gasteiger charge is 2.27. The quantitative estimate of drug-likeness (QED) is 0.641. The first-order chi connectivity index (χ1) is 11.0. The predicted octanol–water partition coefficient (Wildman–Crippen LogP) is 2.07. The van der Waals surface area contributed by atoms with Crippen LogP contribution in [-0.4, -0.2) is 55.3 Å². The van der Waals surface area contributed by atoms with Gasteiger partial charge in [-0.2, -0.15) is 0 Å². The van der Waals surface area contributed by atoms with Gasteiger partial charge in [0.15, 0.2) is 0 Å². The molecule has 0 saturated carbocycles. The van der Waals surface area contributed by atoms with Gasteiger partial charge < -0.3 is 19.5 Å². The molecule has 23 heavy (non-hydrogen) atoms. The van der Waals surface area contributed by atoms with Gasteiger partial charge in [0, 0.05) is 31.2 Å². The van der Waals surface area contributed by atoms with E-state index in [-0.39, 0.29) is 17.2 Å². The van der Waals surface area contributed by atoms with Gasteiger partial charge in [-0.25, -0.2) is 4.79 Å². The number of carbonyl (C=O) groups is 2. The zero-order valence-corrected chi connectivity index (χ0v) is 13.6. The van der Waals surface area contributed by atoms with Crippen LogP contribution in [-0.2, 0) is 9.47 Å². The normalized spacial score (nSPS) is 17.3. The van der Waals surface area contributed by atoms with Gasteiger partial charge in [0.25, 0.3) is 5.91 Å². The molecule has 0 bridgehead atoms. The van der Waals surface area contributed by atoms with Crippen LogP contribution >= 0.6 is 0 Å². The first-order valence-corrected chi connectivity index (χ1v) is 7.84. The fourth-order valence-corrected chi connectivity index (χ4v) is 2.70. The van der Waals surface area contributed by atoms with Crippen molar-refractivity contribution in [2.45, 2.75) is 19.8 Å². The second kappa shape index (κ2) is 7.97. The molecule has 1 fully saturated rings. The van der Waals surface area contributed by atoms with Crippen molar-refractivity contribution in [3.05, 3.63) is 29.3 Å². The third-order valence-corrected chi connectivity index (χ3v) is 3.86. The molecule has 126 valence electrons. The third-order valence-electron chi connectivity index (χ3n) is 3.86. The largest absolute Gasteiger partial charge is 0.508 e. The smallest absolute Gasteiger partial charge is 0.338 e. The molecule has 0 spiro atoms. The number of esters is 1. The molecule has 2 rings (SSSR count). The van der Waals surface area contributed by atoms with E-state index in [4.69, 9.17) is 4.74 Å². The van der Waals surface area contributed by atoms with Crippen LogP contribution in [0.25, 0.3) is 0 Å². The Labute approximate surface area is 136 Å². The molecule has 6 heteroatoms. The van der Waals surface area contributed by atoms with Gasteiger partial charge in [-0.3, -0.25) is 4.79 Å². The number of methoxy groups -OCH3 is 1. The Balaban J connectivity index is 2.03.